The van der Waals surface area contributed by atoms with Crippen LogP contribution in [0.15, 0.2) is 34.1 Å². The summed E-state index contributed by atoms with van der Waals surface area (Å²) in [6.45, 7) is 0. The van der Waals surface area contributed by atoms with E-state index in [1.807, 2.05) is 0 Å². The fourth-order valence-electron chi connectivity index (χ4n) is 1.05. The van der Waals surface area contributed by atoms with Crippen LogP contribution >= 0.6 is 11.8 Å². The van der Waals surface area contributed by atoms with E-state index in [1.54, 1.807) is 18.2 Å². The number of hydrogen-bond donors (Lipinski definition) is 2. The average Bonchev–Trinajstić information content (AvgIpc) is 2.16. The summed E-state index contributed by atoms with van der Waals surface area (Å²) >= 11 is 1.16. The van der Waals surface area contributed by atoms with Gasteiger partial charge in [-0.3, -0.25) is 4.79 Å². The molecule has 0 atom stereocenters. The van der Waals surface area contributed by atoms with E-state index in [9.17, 15) is 13.2 Å². The molecular formula is C9H11NO4S2. The maximum atomic E-state index is 11.2. The molecule has 0 aliphatic heterocycles. The van der Waals surface area contributed by atoms with Gasteiger partial charge in [0.2, 0.25) is 10.0 Å². The maximum absolute atomic E-state index is 11.2. The van der Waals surface area contributed by atoms with E-state index in [-0.39, 0.29) is 11.3 Å². The molecule has 0 radical (unpaired) electrons. The smallest absolute Gasteiger partial charge is 0.304 e. The second kappa shape index (κ2) is 5.33. The molecule has 0 spiro atoms. The topological polar surface area (TPSA) is 97.5 Å². The molecular weight excluding hydrogens is 250 g/mol. The summed E-state index contributed by atoms with van der Waals surface area (Å²) in [6, 6.07) is 6.25. The number of aliphatic carboxylic acids is 1. The monoisotopic (exact) mass is 261 g/mol. The first-order chi connectivity index (χ1) is 7.41. The molecule has 0 aliphatic rings. The number of carbonyl (C=O) groups is 1. The summed E-state index contributed by atoms with van der Waals surface area (Å²) in [5, 5.41) is 13.5. The van der Waals surface area contributed by atoms with Gasteiger partial charge in [0.25, 0.3) is 0 Å². The van der Waals surface area contributed by atoms with Gasteiger partial charge in [0, 0.05) is 10.6 Å². The zero-order valence-corrected chi connectivity index (χ0v) is 9.92. The summed E-state index contributed by atoms with van der Waals surface area (Å²) in [5.41, 5.74) is 0. The summed E-state index contributed by atoms with van der Waals surface area (Å²) in [6.07, 6.45) is -0.0242. The Hall–Kier alpha value is -1.05. The Kier molecular flexibility index (Phi) is 4.34. The van der Waals surface area contributed by atoms with Crippen LogP contribution in [-0.4, -0.2) is 25.2 Å². The zero-order chi connectivity index (χ0) is 12.2. The molecule has 0 amide bonds. The van der Waals surface area contributed by atoms with Crippen LogP contribution in [0.3, 0.4) is 0 Å². The molecule has 0 aromatic heterocycles. The third-order valence-electron chi connectivity index (χ3n) is 1.73. The van der Waals surface area contributed by atoms with Crippen LogP contribution in [0.2, 0.25) is 0 Å². The molecule has 88 valence electrons. The molecule has 1 aromatic rings. The Labute approximate surface area is 97.7 Å². The van der Waals surface area contributed by atoms with E-state index >= 15 is 0 Å². The lowest BCUT2D eigenvalue weighted by molar-refractivity contribution is -0.136. The molecule has 0 fully saturated rings. The fraction of sp³-hybridized carbons (Fsp3) is 0.222. The minimum absolute atomic E-state index is 0.0242. The van der Waals surface area contributed by atoms with Crippen molar-refractivity contribution in [3.8, 4) is 0 Å². The zero-order valence-electron chi connectivity index (χ0n) is 8.29. The van der Waals surface area contributed by atoms with Gasteiger partial charge in [-0.25, -0.2) is 13.6 Å². The molecule has 0 unspecified atom stereocenters. The number of nitrogens with two attached hydrogens (primary N) is 1. The lowest BCUT2D eigenvalue weighted by atomic mass is 10.4. The molecule has 16 heavy (non-hydrogen) atoms. The first kappa shape index (κ1) is 13.0. The Bertz CT molecular complexity index is 484. The van der Waals surface area contributed by atoms with Gasteiger partial charge in [-0.05, 0) is 12.1 Å². The number of hydrogen-bond acceptors (Lipinski definition) is 4. The van der Waals surface area contributed by atoms with Crippen LogP contribution in [0.25, 0.3) is 0 Å². The Morgan fingerprint density at radius 2 is 2.00 bits per heavy atom. The van der Waals surface area contributed by atoms with Crippen molar-refractivity contribution in [1.82, 2.24) is 0 Å². The van der Waals surface area contributed by atoms with E-state index < -0.39 is 16.0 Å². The summed E-state index contributed by atoms with van der Waals surface area (Å²) in [4.78, 5) is 10.8. The predicted molar refractivity (Wildman–Crippen MR) is 60.8 cm³/mol. The van der Waals surface area contributed by atoms with Gasteiger partial charge in [-0.1, -0.05) is 12.1 Å². The normalized spacial score (nSPS) is 11.3. The van der Waals surface area contributed by atoms with Crippen LogP contribution < -0.4 is 5.14 Å². The van der Waals surface area contributed by atoms with Crippen molar-refractivity contribution in [3.05, 3.63) is 24.3 Å². The SMILES string of the molecule is NS(=O)(=O)c1ccccc1SCCC(=O)O. The van der Waals surface area contributed by atoms with Crippen molar-refractivity contribution in [2.75, 3.05) is 5.75 Å². The Morgan fingerprint density at radius 3 is 2.56 bits per heavy atom. The molecule has 3 N–H and O–H groups in total. The van der Waals surface area contributed by atoms with Crippen LogP contribution in [0.5, 0.6) is 0 Å². The highest BCUT2D eigenvalue weighted by molar-refractivity contribution is 8.00. The molecule has 0 bridgehead atoms. The fourth-order valence-corrected chi connectivity index (χ4v) is 3.08. The highest BCUT2D eigenvalue weighted by Crippen LogP contribution is 2.25. The van der Waals surface area contributed by atoms with Crippen molar-refractivity contribution < 1.29 is 18.3 Å². The molecule has 0 saturated heterocycles. The highest BCUT2D eigenvalue weighted by atomic mass is 32.2. The predicted octanol–water partition coefficient (Wildman–Crippen LogP) is 0.901. The van der Waals surface area contributed by atoms with Crippen molar-refractivity contribution in [2.45, 2.75) is 16.2 Å². The summed E-state index contributed by atoms with van der Waals surface area (Å²) in [5.74, 6) is -0.609. The quantitative estimate of drug-likeness (QED) is 0.767. The van der Waals surface area contributed by atoms with Gasteiger partial charge in [-0.15, -0.1) is 11.8 Å². The van der Waals surface area contributed by atoms with E-state index in [2.05, 4.69) is 0 Å². The first-order valence-corrected chi connectivity index (χ1v) is 6.91. The largest absolute Gasteiger partial charge is 0.481 e. The van der Waals surface area contributed by atoms with Gasteiger partial charge in [-0.2, -0.15) is 0 Å². The average molecular weight is 261 g/mol. The number of carboxylic acids is 1. The van der Waals surface area contributed by atoms with E-state index in [1.165, 1.54) is 6.07 Å². The third-order valence-corrected chi connectivity index (χ3v) is 3.90. The van der Waals surface area contributed by atoms with E-state index in [0.29, 0.717) is 10.6 Å². The van der Waals surface area contributed by atoms with E-state index in [0.717, 1.165) is 11.8 Å². The van der Waals surface area contributed by atoms with Crippen LogP contribution in [-0.2, 0) is 14.8 Å². The number of carboxylic acid groups (broad SMARTS) is 1. The molecule has 0 heterocycles. The summed E-state index contributed by atoms with van der Waals surface area (Å²) < 4.78 is 22.4. The number of primary sulfonamides is 1. The molecule has 5 nitrogen and oxygen atoms in total. The molecule has 7 heteroatoms. The molecule has 0 aliphatic carbocycles. The van der Waals surface area contributed by atoms with Gasteiger partial charge in [0.05, 0.1) is 11.3 Å². The standard InChI is InChI=1S/C9H11NO4S2/c10-16(13,14)8-4-2-1-3-7(8)15-6-5-9(11)12/h1-4H,5-6H2,(H,11,12)(H2,10,13,14). The van der Waals surface area contributed by atoms with Crippen molar-refractivity contribution in [3.63, 3.8) is 0 Å². The highest BCUT2D eigenvalue weighted by Gasteiger charge is 2.13. The van der Waals surface area contributed by atoms with Gasteiger partial charge in [0.1, 0.15) is 0 Å². The number of thioether (sulfide) groups is 1. The van der Waals surface area contributed by atoms with Gasteiger partial charge in [0.15, 0.2) is 0 Å². The lowest BCUT2D eigenvalue weighted by Crippen LogP contribution is -2.13. The van der Waals surface area contributed by atoms with Crippen LogP contribution in [0.1, 0.15) is 6.42 Å². The first-order valence-electron chi connectivity index (χ1n) is 4.37. The van der Waals surface area contributed by atoms with Crippen molar-refractivity contribution in [2.24, 2.45) is 5.14 Å². The van der Waals surface area contributed by atoms with Crippen molar-refractivity contribution in [1.29, 1.82) is 0 Å². The number of benzene rings is 1. The maximum Gasteiger partial charge on any atom is 0.304 e. The Balaban J connectivity index is 2.84. The minimum Gasteiger partial charge on any atom is -0.481 e. The second-order valence-electron chi connectivity index (χ2n) is 2.98. The molecule has 0 saturated carbocycles. The molecule has 1 rings (SSSR count). The third kappa shape index (κ3) is 3.84. The van der Waals surface area contributed by atoms with Crippen LogP contribution in [0, 0.1) is 0 Å². The summed E-state index contributed by atoms with van der Waals surface area (Å²) in [7, 11) is -3.75. The van der Waals surface area contributed by atoms with Crippen molar-refractivity contribution >= 4 is 27.8 Å². The number of sulfonamides is 1. The van der Waals surface area contributed by atoms with Gasteiger partial charge >= 0.3 is 5.97 Å². The molecule has 1 aromatic carbocycles. The second-order valence-corrected chi connectivity index (χ2v) is 5.65. The Morgan fingerprint density at radius 1 is 1.38 bits per heavy atom. The minimum atomic E-state index is -3.75. The number of rotatable bonds is 5. The van der Waals surface area contributed by atoms with E-state index in [4.69, 9.17) is 10.2 Å². The van der Waals surface area contributed by atoms with Gasteiger partial charge < -0.3 is 5.11 Å². The lowest BCUT2D eigenvalue weighted by Gasteiger charge is -2.05. The van der Waals surface area contributed by atoms with Crippen LogP contribution in [0.4, 0.5) is 0 Å².